The number of hydrogen-bond acceptors (Lipinski definition) is 1. The van der Waals surface area contributed by atoms with Gasteiger partial charge in [-0.3, -0.25) is 0 Å². The summed E-state index contributed by atoms with van der Waals surface area (Å²) in [5.74, 6) is -0.183. The Balaban J connectivity index is 2.69. The molecule has 1 atom stereocenters. The monoisotopic (exact) mass is 167 g/mol. The van der Waals surface area contributed by atoms with Crippen molar-refractivity contribution in [1.82, 2.24) is 0 Å². The predicted molar refractivity (Wildman–Crippen MR) is 49.8 cm³/mol. The molecule has 0 spiro atoms. The second-order valence-corrected chi connectivity index (χ2v) is 2.93. The average molecular weight is 167 g/mol. The van der Waals surface area contributed by atoms with E-state index in [0.717, 1.165) is 6.42 Å². The van der Waals surface area contributed by atoms with Crippen LogP contribution in [0.5, 0.6) is 0 Å². The molecule has 2 heteroatoms. The summed E-state index contributed by atoms with van der Waals surface area (Å²) in [5, 5.41) is 3.08. The standard InChI is InChI=1S/C10H14FN/c1-3-8(2)12-10-7-5-4-6-9(10)11/h4-8,12H,3H2,1-2H3. The quantitative estimate of drug-likeness (QED) is 0.729. The third-order valence-corrected chi connectivity index (χ3v) is 1.89. The first-order chi connectivity index (χ1) is 5.74. The molecule has 1 aromatic rings. The van der Waals surface area contributed by atoms with Crippen molar-refractivity contribution in [2.24, 2.45) is 0 Å². The molecule has 0 saturated heterocycles. The van der Waals surface area contributed by atoms with Gasteiger partial charge in [0.1, 0.15) is 5.82 Å². The van der Waals surface area contributed by atoms with Gasteiger partial charge >= 0.3 is 0 Å². The molecule has 1 aromatic carbocycles. The summed E-state index contributed by atoms with van der Waals surface area (Å²) in [6, 6.07) is 7.05. The maximum Gasteiger partial charge on any atom is 0.146 e. The molecule has 0 bridgehead atoms. The molecule has 0 aliphatic rings. The lowest BCUT2D eigenvalue weighted by molar-refractivity contribution is 0.625. The van der Waals surface area contributed by atoms with E-state index in [1.165, 1.54) is 6.07 Å². The zero-order valence-corrected chi connectivity index (χ0v) is 7.47. The first-order valence-electron chi connectivity index (χ1n) is 4.25. The van der Waals surface area contributed by atoms with E-state index in [2.05, 4.69) is 12.2 Å². The summed E-state index contributed by atoms with van der Waals surface area (Å²) in [7, 11) is 0. The Hall–Kier alpha value is -1.05. The highest BCUT2D eigenvalue weighted by Crippen LogP contribution is 2.13. The van der Waals surface area contributed by atoms with Crippen LogP contribution in [-0.4, -0.2) is 6.04 Å². The lowest BCUT2D eigenvalue weighted by Gasteiger charge is -2.12. The highest BCUT2D eigenvalue weighted by atomic mass is 19.1. The third kappa shape index (κ3) is 2.22. The molecule has 0 heterocycles. The summed E-state index contributed by atoms with van der Waals surface area (Å²) in [6.07, 6.45) is 0.994. The third-order valence-electron chi connectivity index (χ3n) is 1.89. The molecule has 0 aliphatic heterocycles. The fourth-order valence-electron chi connectivity index (χ4n) is 0.946. The van der Waals surface area contributed by atoms with Crippen molar-refractivity contribution in [3.05, 3.63) is 30.1 Å². The zero-order chi connectivity index (χ0) is 8.97. The second-order valence-electron chi connectivity index (χ2n) is 2.93. The number of nitrogens with one attached hydrogen (secondary N) is 1. The smallest absolute Gasteiger partial charge is 0.146 e. The molecule has 0 fully saturated rings. The van der Waals surface area contributed by atoms with E-state index in [9.17, 15) is 4.39 Å². The van der Waals surface area contributed by atoms with Gasteiger partial charge in [0.15, 0.2) is 0 Å². The number of halogens is 1. The van der Waals surface area contributed by atoms with Gasteiger partial charge in [-0.1, -0.05) is 19.1 Å². The van der Waals surface area contributed by atoms with Crippen LogP contribution in [0.15, 0.2) is 24.3 Å². The molecule has 1 rings (SSSR count). The van der Waals surface area contributed by atoms with Crippen molar-refractivity contribution in [3.63, 3.8) is 0 Å². The van der Waals surface area contributed by atoms with Crippen LogP contribution in [0.1, 0.15) is 20.3 Å². The highest BCUT2D eigenvalue weighted by Gasteiger charge is 2.02. The van der Waals surface area contributed by atoms with Crippen LogP contribution >= 0.6 is 0 Å². The Bertz CT molecular complexity index is 247. The number of para-hydroxylation sites is 1. The van der Waals surface area contributed by atoms with E-state index in [0.29, 0.717) is 11.7 Å². The minimum atomic E-state index is -0.183. The molecule has 66 valence electrons. The van der Waals surface area contributed by atoms with Crippen molar-refractivity contribution < 1.29 is 4.39 Å². The molecular weight excluding hydrogens is 153 g/mol. The lowest BCUT2D eigenvalue weighted by atomic mass is 10.2. The molecular formula is C10H14FN. The predicted octanol–water partition coefficient (Wildman–Crippen LogP) is 3.04. The zero-order valence-electron chi connectivity index (χ0n) is 7.47. The average Bonchev–Trinajstić information content (AvgIpc) is 2.09. The second kappa shape index (κ2) is 4.10. The van der Waals surface area contributed by atoms with Crippen molar-refractivity contribution in [3.8, 4) is 0 Å². The first-order valence-corrected chi connectivity index (χ1v) is 4.25. The fraction of sp³-hybridized carbons (Fsp3) is 0.400. The summed E-state index contributed by atoms with van der Waals surface area (Å²) >= 11 is 0. The Labute approximate surface area is 72.6 Å². The molecule has 0 saturated carbocycles. The molecule has 0 aliphatic carbocycles. The van der Waals surface area contributed by atoms with Crippen molar-refractivity contribution >= 4 is 5.69 Å². The van der Waals surface area contributed by atoms with Crippen LogP contribution in [0.25, 0.3) is 0 Å². The Morgan fingerprint density at radius 2 is 2.08 bits per heavy atom. The largest absolute Gasteiger partial charge is 0.380 e. The maximum atomic E-state index is 13.0. The molecule has 1 nitrogen and oxygen atoms in total. The maximum absolute atomic E-state index is 13.0. The topological polar surface area (TPSA) is 12.0 Å². The van der Waals surface area contributed by atoms with Crippen molar-refractivity contribution in [2.45, 2.75) is 26.3 Å². The first kappa shape index (κ1) is 9.04. The summed E-state index contributed by atoms with van der Waals surface area (Å²) in [5.41, 5.74) is 0.590. The summed E-state index contributed by atoms with van der Waals surface area (Å²) < 4.78 is 13.0. The van der Waals surface area contributed by atoms with Gasteiger partial charge in [0.05, 0.1) is 5.69 Å². The van der Waals surface area contributed by atoms with Gasteiger partial charge < -0.3 is 5.32 Å². The van der Waals surface area contributed by atoms with Crippen LogP contribution in [-0.2, 0) is 0 Å². The van der Waals surface area contributed by atoms with E-state index in [1.807, 2.05) is 13.0 Å². The van der Waals surface area contributed by atoms with Gasteiger partial charge in [-0.2, -0.15) is 0 Å². The molecule has 1 unspecified atom stereocenters. The summed E-state index contributed by atoms with van der Waals surface area (Å²) in [4.78, 5) is 0. The number of rotatable bonds is 3. The molecule has 0 radical (unpaired) electrons. The Kier molecular flexibility index (Phi) is 3.09. The van der Waals surface area contributed by atoms with Crippen molar-refractivity contribution in [2.75, 3.05) is 5.32 Å². The van der Waals surface area contributed by atoms with Gasteiger partial charge in [-0.05, 0) is 25.5 Å². The lowest BCUT2D eigenvalue weighted by Crippen LogP contribution is -2.14. The minimum absolute atomic E-state index is 0.183. The van der Waals surface area contributed by atoms with Crippen LogP contribution in [0.4, 0.5) is 10.1 Å². The SMILES string of the molecule is CCC(C)Nc1ccccc1F. The van der Waals surface area contributed by atoms with E-state index < -0.39 is 0 Å². The minimum Gasteiger partial charge on any atom is -0.380 e. The Morgan fingerprint density at radius 3 is 2.67 bits per heavy atom. The van der Waals surface area contributed by atoms with Crippen LogP contribution < -0.4 is 5.32 Å². The van der Waals surface area contributed by atoms with E-state index in [-0.39, 0.29) is 5.82 Å². The van der Waals surface area contributed by atoms with Gasteiger partial charge in [-0.25, -0.2) is 4.39 Å². The van der Waals surface area contributed by atoms with Crippen molar-refractivity contribution in [1.29, 1.82) is 0 Å². The number of anilines is 1. The fourth-order valence-corrected chi connectivity index (χ4v) is 0.946. The van der Waals surface area contributed by atoms with Crippen LogP contribution in [0, 0.1) is 5.82 Å². The molecule has 1 N–H and O–H groups in total. The van der Waals surface area contributed by atoms with Gasteiger partial charge in [0, 0.05) is 6.04 Å². The van der Waals surface area contributed by atoms with Gasteiger partial charge in [-0.15, -0.1) is 0 Å². The molecule has 0 aromatic heterocycles. The van der Waals surface area contributed by atoms with Crippen LogP contribution in [0.3, 0.4) is 0 Å². The highest BCUT2D eigenvalue weighted by molar-refractivity contribution is 5.44. The molecule has 0 amide bonds. The molecule has 12 heavy (non-hydrogen) atoms. The van der Waals surface area contributed by atoms with E-state index in [1.54, 1.807) is 12.1 Å². The van der Waals surface area contributed by atoms with Gasteiger partial charge in [0.2, 0.25) is 0 Å². The van der Waals surface area contributed by atoms with Crippen LogP contribution in [0.2, 0.25) is 0 Å². The van der Waals surface area contributed by atoms with E-state index >= 15 is 0 Å². The summed E-state index contributed by atoms with van der Waals surface area (Å²) in [6.45, 7) is 4.10. The number of hydrogen-bond donors (Lipinski definition) is 1. The normalized spacial score (nSPS) is 12.6. The Morgan fingerprint density at radius 1 is 1.42 bits per heavy atom. The van der Waals surface area contributed by atoms with E-state index in [4.69, 9.17) is 0 Å². The number of benzene rings is 1. The van der Waals surface area contributed by atoms with Gasteiger partial charge in [0.25, 0.3) is 0 Å².